The maximum absolute atomic E-state index is 13.2. The van der Waals surface area contributed by atoms with Crippen molar-refractivity contribution in [3.8, 4) is 0 Å². The summed E-state index contributed by atoms with van der Waals surface area (Å²) in [5.41, 5.74) is 0.315. The van der Waals surface area contributed by atoms with Crippen LogP contribution in [0.3, 0.4) is 0 Å². The molecule has 2 N–H and O–H groups in total. The van der Waals surface area contributed by atoms with E-state index >= 15 is 0 Å². The standard InChI is InChI=1S/C21H28ClNO3S/c1-12-6-16(22)4-5-17(12)27(26)20(2,3)19(24)23-18-14-7-13-8-15(18)11-21(25,9-13)10-14/h4-6,13-15,18,25H,7-11H2,1-3H3,(H,23,24)/t13?,14-,15+,18?,21?,27?. The van der Waals surface area contributed by atoms with Crippen molar-refractivity contribution in [2.45, 2.75) is 74.2 Å². The van der Waals surface area contributed by atoms with Gasteiger partial charge in [0.1, 0.15) is 4.75 Å². The summed E-state index contributed by atoms with van der Waals surface area (Å²) in [6.07, 6.45) is 4.66. The average Bonchev–Trinajstić information content (AvgIpc) is 2.55. The van der Waals surface area contributed by atoms with Gasteiger partial charge in [-0.1, -0.05) is 11.6 Å². The molecule has 0 aliphatic heterocycles. The first-order valence-electron chi connectivity index (χ1n) is 9.80. The maximum Gasteiger partial charge on any atom is 0.238 e. The molecule has 0 aromatic heterocycles. The highest BCUT2D eigenvalue weighted by Gasteiger charge is 2.55. The minimum absolute atomic E-state index is 0.0944. The summed E-state index contributed by atoms with van der Waals surface area (Å²) in [6, 6.07) is 5.34. The minimum atomic E-state index is -1.48. The lowest BCUT2D eigenvalue weighted by Crippen LogP contribution is -2.63. The van der Waals surface area contributed by atoms with E-state index in [9.17, 15) is 14.1 Å². The second-order valence-corrected chi connectivity index (χ2v) is 11.8. The number of aryl methyl sites for hydroxylation is 1. The molecule has 4 saturated carbocycles. The molecule has 4 aliphatic carbocycles. The van der Waals surface area contributed by atoms with Crippen LogP contribution in [0.2, 0.25) is 5.02 Å². The summed E-state index contributed by atoms with van der Waals surface area (Å²) in [5.74, 6) is 1.11. The van der Waals surface area contributed by atoms with Crippen LogP contribution in [-0.4, -0.2) is 31.6 Å². The topological polar surface area (TPSA) is 66.4 Å². The van der Waals surface area contributed by atoms with Crippen LogP contribution in [0.4, 0.5) is 0 Å². The number of halogens is 1. The number of aliphatic hydroxyl groups is 1. The fraction of sp³-hybridized carbons (Fsp3) is 0.667. The summed E-state index contributed by atoms with van der Waals surface area (Å²) < 4.78 is 12.2. The Hall–Kier alpha value is -0.910. The summed E-state index contributed by atoms with van der Waals surface area (Å²) in [4.78, 5) is 13.8. The Kier molecular flexibility index (Phi) is 4.72. The van der Waals surface area contributed by atoms with Crippen LogP contribution in [0.5, 0.6) is 0 Å². The predicted octanol–water partition coefficient (Wildman–Crippen LogP) is 3.59. The number of nitrogens with one attached hydrogen (secondary N) is 1. The van der Waals surface area contributed by atoms with Crippen LogP contribution in [0.15, 0.2) is 23.1 Å². The first-order chi connectivity index (χ1) is 12.6. The molecule has 6 heteroatoms. The predicted molar refractivity (Wildman–Crippen MR) is 107 cm³/mol. The summed E-state index contributed by atoms with van der Waals surface area (Å²) in [7, 11) is -1.48. The van der Waals surface area contributed by atoms with Crippen LogP contribution in [0.25, 0.3) is 0 Å². The number of carbonyl (C=O) groups excluding carboxylic acids is 1. The van der Waals surface area contributed by atoms with Gasteiger partial charge in [0.25, 0.3) is 0 Å². The molecule has 1 aromatic carbocycles. The van der Waals surface area contributed by atoms with Gasteiger partial charge in [0, 0.05) is 16.0 Å². The normalized spacial score (nSPS) is 35.9. The summed E-state index contributed by atoms with van der Waals surface area (Å²) >= 11 is 6.01. The summed E-state index contributed by atoms with van der Waals surface area (Å²) in [5, 5.41) is 14.6. The average molecular weight is 410 g/mol. The molecule has 6 atom stereocenters. The Morgan fingerprint density at radius 3 is 2.44 bits per heavy atom. The molecule has 0 spiro atoms. The molecule has 1 amide bonds. The number of amides is 1. The lowest BCUT2D eigenvalue weighted by molar-refractivity contribution is -0.147. The lowest BCUT2D eigenvalue weighted by Gasteiger charge is -2.58. The number of hydrogen-bond donors (Lipinski definition) is 2. The third-order valence-corrected chi connectivity index (χ3v) is 9.09. The fourth-order valence-corrected chi connectivity index (χ4v) is 7.27. The van der Waals surface area contributed by atoms with E-state index in [1.54, 1.807) is 32.0 Å². The maximum atomic E-state index is 13.2. The SMILES string of the molecule is Cc1cc(Cl)ccc1S(=O)C(C)(C)C(=O)NC1[C@@H]2CC3C[C@H]1CC(O)(C3)C2. The highest BCUT2D eigenvalue weighted by atomic mass is 35.5. The molecule has 0 saturated heterocycles. The molecule has 5 rings (SSSR count). The molecule has 4 bridgehead atoms. The quantitative estimate of drug-likeness (QED) is 0.798. The van der Waals surface area contributed by atoms with E-state index in [0.29, 0.717) is 27.7 Å². The smallest absolute Gasteiger partial charge is 0.238 e. The molecule has 1 aromatic rings. The second kappa shape index (κ2) is 6.57. The van der Waals surface area contributed by atoms with Crippen LogP contribution in [0.1, 0.15) is 51.5 Å². The molecule has 0 radical (unpaired) electrons. The van der Waals surface area contributed by atoms with Gasteiger partial charge in [-0.05, 0) is 94.4 Å². The molecular formula is C21H28ClNO3S. The van der Waals surface area contributed by atoms with Crippen LogP contribution in [-0.2, 0) is 15.6 Å². The van der Waals surface area contributed by atoms with E-state index in [1.807, 2.05) is 6.92 Å². The van der Waals surface area contributed by atoms with Crippen molar-refractivity contribution in [1.29, 1.82) is 0 Å². The highest BCUT2D eigenvalue weighted by molar-refractivity contribution is 7.87. The minimum Gasteiger partial charge on any atom is -0.390 e. The van der Waals surface area contributed by atoms with E-state index in [0.717, 1.165) is 37.7 Å². The van der Waals surface area contributed by atoms with Gasteiger partial charge in [0.05, 0.1) is 16.4 Å². The number of carbonyl (C=O) groups is 1. The molecule has 4 nitrogen and oxygen atoms in total. The third kappa shape index (κ3) is 3.36. The lowest BCUT2D eigenvalue weighted by atomic mass is 9.52. The number of benzene rings is 1. The van der Waals surface area contributed by atoms with Gasteiger partial charge in [0.15, 0.2) is 0 Å². The molecule has 4 unspecified atom stereocenters. The molecular weight excluding hydrogens is 382 g/mol. The van der Waals surface area contributed by atoms with E-state index in [-0.39, 0.29) is 11.9 Å². The van der Waals surface area contributed by atoms with Crippen molar-refractivity contribution < 1.29 is 14.1 Å². The monoisotopic (exact) mass is 409 g/mol. The Morgan fingerprint density at radius 2 is 1.89 bits per heavy atom. The van der Waals surface area contributed by atoms with Gasteiger partial charge in [-0.25, -0.2) is 0 Å². The van der Waals surface area contributed by atoms with Crippen LogP contribution < -0.4 is 5.32 Å². The Morgan fingerprint density at radius 1 is 1.26 bits per heavy atom. The first-order valence-corrected chi connectivity index (χ1v) is 11.3. The van der Waals surface area contributed by atoms with E-state index in [4.69, 9.17) is 11.6 Å². The van der Waals surface area contributed by atoms with Gasteiger partial charge < -0.3 is 10.4 Å². The zero-order chi connectivity index (χ0) is 19.6. The third-order valence-electron chi connectivity index (χ3n) is 6.89. The zero-order valence-electron chi connectivity index (χ0n) is 16.1. The molecule has 27 heavy (non-hydrogen) atoms. The van der Waals surface area contributed by atoms with Crippen molar-refractivity contribution >= 4 is 28.3 Å². The van der Waals surface area contributed by atoms with Crippen molar-refractivity contribution in [1.82, 2.24) is 5.32 Å². The Balaban J connectivity index is 1.51. The molecule has 0 heterocycles. The van der Waals surface area contributed by atoms with Gasteiger partial charge in [-0.3, -0.25) is 9.00 Å². The largest absolute Gasteiger partial charge is 0.390 e. The zero-order valence-corrected chi connectivity index (χ0v) is 17.7. The molecule has 148 valence electrons. The van der Waals surface area contributed by atoms with Crippen molar-refractivity contribution in [3.63, 3.8) is 0 Å². The van der Waals surface area contributed by atoms with Gasteiger partial charge in [-0.2, -0.15) is 0 Å². The van der Waals surface area contributed by atoms with Gasteiger partial charge >= 0.3 is 0 Å². The fourth-order valence-electron chi connectivity index (χ4n) is 5.72. The van der Waals surface area contributed by atoms with Crippen LogP contribution in [0, 0.1) is 24.7 Å². The van der Waals surface area contributed by atoms with Gasteiger partial charge in [-0.15, -0.1) is 0 Å². The number of hydrogen-bond acceptors (Lipinski definition) is 3. The van der Waals surface area contributed by atoms with E-state index in [2.05, 4.69) is 5.32 Å². The summed E-state index contributed by atoms with van der Waals surface area (Å²) in [6.45, 7) is 5.36. The van der Waals surface area contributed by atoms with Crippen molar-refractivity contribution in [2.75, 3.05) is 0 Å². The highest BCUT2D eigenvalue weighted by Crippen LogP contribution is 2.55. The molecule has 4 aliphatic rings. The molecule has 4 fully saturated rings. The Bertz CT molecular complexity index is 793. The second-order valence-electron chi connectivity index (χ2n) is 9.38. The Labute approximate surface area is 168 Å². The van der Waals surface area contributed by atoms with Gasteiger partial charge in [0.2, 0.25) is 5.91 Å². The van der Waals surface area contributed by atoms with Crippen molar-refractivity contribution in [2.24, 2.45) is 17.8 Å². The van der Waals surface area contributed by atoms with E-state index in [1.165, 1.54) is 0 Å². The van der Waals surface area contributed by atoms with Crippen LogP contribution >= 0.6 is 11.6 Å². The first kappa shape index (κ1) is 19.4. The van der Waals surface area contributed by atoms with Crippen molar-refractivity contribution in [3.05, 3.63) is 28.8 Å². The number of rotatable bonds is 4. The van der Waals surface area contributed by atoms with E-state index < -0.39 is 21.1 Å².